The van der Waals surface area contributed by atoms with Crippen molar-refractivity contribution in [3.05, 3.63) is 0 Å². The molecule has 3 N–H and O–H groups in total. The predicted octanol–water partition coefficient (Wildman–Crippen LogP) is 2.06. The molecule has 0 saturated heterocycles. The maximum absolute atomic E-state index is 12.9. The lowest BCUT2D eigenvalue weighted by molar-refractivity contribution is -0.129. The highest BCUT2D eigenvalue weighted by atomic mass is 19.3. The molecule has 0 bridgehead atoms. The van der Waals surface area contributed by atoms with Crippen LogP contribution in [-0.4, -0.2) is 24.4 Å². The molecule has 1 unspecified atom stereocenters. The number of amides is 1. The van der Waals surface area contributed by atoms with Crippen LogP contribution in [0.3, 0.4) is 0 Å². The standard InChI is InChI=1S/C12H22F2N2O/c1-2-3-10(8-15)16-11(17)9-4-6-12(13,14)7-5-9/h9-10H,2-8,15H2,1H3,(H,16,17). The van der Waals surface area contributed by atoms with Gasteiger partial charge in [-0.1, -0.05) is 13.3 Å². The Hall–Kier alpha value is -0.710. The molecule has 0 aliphatic heterocycles. The molecule has 1 aliphatic rings. The van der Waals surface area contributed by atoms with Crippen molar-refractivity contribution in [3.63, 3.8) is 0 Å². The summed E-state index contributed by atoms with van der Waals surface area (Å²) in [4.78, 5) is 11.8. The molecule has 0 radical (unpaired) electrons. The van der Waals surface area contributed by atoms with E-state index in [1.54, 1.807) is 0 Å². The van der Waals surface area contributed by atoms with Crippen molar-refractivity contribution in [3.8, 4) is 0 Å². The van der Waals surface area contributed by atoms with Crippen molar-refractivity contribution >= 4 is 5.91 Å². The van der Waals surface area contributed by atoms with Crippen LogP contribution in [0.5, 0.6) is 0 Å². The fraction of sp³-hybridized carbons (Fsp3) is 0.917. The molecule has 1 atom stereocenters. The molecule has 1 aliphatic carbocycles. The maximum atomic E-state index is 12.9. The van der Waals surface area contributed by atoms with Gasteiger partial charge in [-0.15, -0.1) is 0 Å². The average molecular weight is 248 g/mol. The van der Waals surface area contributed by atoms with Crippen LogP contribution in [0.2, 0.25) is 0 Å². The third kappa shape index (κ3) is 4.58. The van der Waals surface area contributed by atoms with Crippen molar-refractivity contribution in [2.75, 3.05) is 6.54 Å². The van der Waals surface area contributed by atoms with Gasteiger partial charge in [0, 0.05) is 31.3 Å². The highest BCUT2D eigenvalue weighted by Gasteiger charge is 2.37. The Morgan fingerprint density at radius 2 is 2.06 bits per heavy atom. The summed E-state index contributed by atoms with van der Waals surface area (Å²) in [5.74, 6) is -2.95. The molecule has 1 rings (SSSR count). The average Bonchev–Trinajstić information content (AvgIpc) is 2.28. The summed E-state index contributed by atoms with van der Waals surface area (Å²) in [5, 5.41) is 2.86. The van der Waals surface area contributed by atoms with E-state index in [1.807, 2.05) is 6.92 Å². The van der Waals surface area contributed by atoms with E-state index in [2.05, 4.69) is 5.32 Å². The van der Waals surface area contributed by atoms with E-state index in [0.717, 1.165) is 12.8 Å². The molecule has 17 heavy (non-hydrogen) atoms. The highest BCUT2D eigenvalue weighted by molar-refractivity contribution is 5.79. The van der Waals surface area contributed by atoms with Gasteiger partial charge in [0.05, 0.1) is 0 Å². The van der Waals surface area contributed by atoms with Crippen LogP contribution in [0.15, 0.2) is 0 Å². The number of carbonyl (C=O) groups is 1. The van der Waals surface area contributed by atoms with Crippen molar-refractivity contribution in [2.24, 2.45) is 11.7 Å². The van der Waals surface area contributed by atoms with E-state index in [9.17, 15) is 13.6 Å². The smallest absolute Gasteiger partial charge is 0.248 e. The van der Waals surface area contributed by atoms with Crippen LogP contribution in [-0.2, 0) is 4.79 Å². The molecule has 0 heterocycles. The SMILES string of the molecule is CCCC(CN)NC(=O)C1CCC(F)(F)CC1. The van der Waals surface area contributed by atoms with E-state index >= 15 is 0 Å². The van der Waals surface area contributed by atoms with Gasteiger partial charge in [-0.25, -0.2) is 8.78 Å². The van der Waals surface area contributed by atoms with Gasteiger partial charge >= 0.3 is 0 Å². The first-order valence-corrected chi connectivity index (χ1v) is 6.36. The number of carbonyl (C=O) groups excluding carboxylic acids is 1. The molecule has 1 saturated carbocycles. The van der Waals surface area contributed by atoms with Crippen LogP contribution in [0.1, 0.15) is 45.4 Å². The Morgan fingerprint density at radius 1 is 1.47 bits per heavy atom. The van der Waals surface area contributed by atoms with Crippen LogP contribution < -0.4 is 11.1 Å². The van der Waals surface area contributed by atoms with Gasteiger partial charge in [-0.2, -0.15) is 0 Å². The summed E-state index contributed by atoms with van der Waals surface area (Å²) in [6.07, 6.45) is 2.00. The van der Waals surface area contributed by atoms with Crippen LogP contribution in [0, 0.1) is 5.92 Å². The number of rotatable bonds is 5. The molecule has 0 spiro atoms. The minimum Gasteiger partial charge on any atom is -0.352 e. The second-order valence-corrected chi connectivity index (χ2v) is 4.86. The van der Waals surface area contributed by atoms with Gasteiger partial charge in [-0.3, -0.25) is 4.79 Å². The van der Waals surface area contributed by atoms with Gasteiger partial charge in [0.25, 0.3) is 0 Å². The number of nitrogens with one attached hydrogen (secondary N) is 1. The van der Waals surface area contributed by atoms with Gasteiger partial charge < -0.3 is 11.1 Å². The van der Waals surface area contributed by atoms with Crippen molar-refractivity contribution in [1.29, 1.82) is 0 Å². The third-order valence-corrected chi connectivity index (χ3v) is 3.36. The summed E-state index contributed by atoms with van der Waals surface area (Å²) >= 11 is 0. The summed E-state index contributed by atoms with van der Waals surface area (Å²) < 4.78 is 25.9. The summed E-state index contributed by atoms with van der Waals surface area (Å²) in [6, 6.07) is -0.0186. The quantitative estimate of drug-likeness (QED) is 0.782. The van der Waals surface area contributed by atoms with Crippen LogP contribution >= 0.6 is 0 Å². The number of hydrogen-bond acceptors (Lipinski definition) is 2. The molecule has 1 amide bonds. The Labute approximate surface area is 101 Å². The molecule has 5 heteroatoms. The van der Waals surface area contributed by atoms with E-state index in [1.165, 1.54) is 0 Å². The summed E-state index contributed by atoms with van der Waals surface area (Å²) in [7, 11) is 0. The molecule has 1 fully saturated rings. The normalized spacial score (nSPS) is 22.1. The number of nitrogens with two attached hydrogens (primary N) is 1. The van der Waals surface area contributed by atoms with Crippen molar-refractivity contribution in [1.82, 2.24) is 5.32 Å². The van der Waals surface area contributed by atoms with Gasteiger partial charge in [0.1, 0.15) is 0 Å². The number of hydrogen-bond donors (Lipinski definition) is 2. The first-order chi connectivity index (χ1) is 7.98. The number of alkyl halides is 2. The predicted molar refractivity (Wildman–Crippen MR) is 62.8 cm³/mol. The Balaban J connectivity index is 2.38. The Bertz CT molecular complexity index is 249. The zero-order chi connectivity index (χ0) is 12.9. The van der Waals surface area contributed by atoms with Crippen LogP contribution in [0.4, 0.5) is 8.78 Å². The van der Waals surface area contributed by atoms with E-state index in [0.29, 0.717) is 6.54 Å². The van der Waals surface area contributed by atoms with E-state index in [-0.39, 0.29) is 43.6 Å². The largest absolute Gasteiger partial charge is 0.352 e. The lowest BCUT2D eigenvalue weighted by Gasteiger charge is -2.28. The van der Waals surface area contributed by atoms with Gasteiger partial charge in [0.15, 0.2) is 0 Å². The monoisotopic (exact) mass is 248 g/mol. The summed E-state index contributed by atoms with van der Waals surface area (Å²) in [6.45, 7) is 2.43. The second kappa shape index (κ2) is 6.28. The summed E-state index contributed by atoms with van der Waals surface area (Å²) in [5.41, 5.74) is 5.55. The minimum absolute atomic E-state index is 0.0186. The second-order valence-electron chi connectivity index (χ2n) is 4.86. The molecule has 0 aromatic heterocycles. The lowest BCUT2D eigenvalue weighted by Crippen LogP contribution is -2.44. The molecule has 3 nitrogen and oxygen atoms in total. The lowest BCUT2D eigenvalue weighted by atomic mass is 9.86. The first kappa shape index (κ1) is 14.4. The van der Waals surface area contributed by atoms with Gasteiger partial charge in [0.2, 0.25) is 11.8 Å². The third-order valence-electron chi connectivity index (χ3n) is 3.36. The topological polar surface area (TPSA) is 55.1 Å². The van der Waals surface area contributed by atoms with Crippen molar-refractivity contribution in [2.45, 2.75) is 57.4 Å². The Kier molecular flexibility index (Phi) is 5.31. The van der Waals surface area contributed by atoms with E-state index in [4.69, 9.17) is 5.73 Å². The highest BCUT2D eigenvalue weighted by Crippen LogP contribution is 2.36. The fourth-order valence-corrected chi connectivity index (χ4v) is 2.22. The fourth-order valence-electron chi connectivity index (χ4n) is 2.22. The molecule has 0 aromatic rings. The zero-order valence-corrected chi connectivity index (χ0v) is 10.3. The van der Waals surface area contributed by atoms with Gasteiger partial charge in [-0.05, 0) is 19.3 Å². The molecule has 0 aromatic carbocycles. The minimum atomic E-state index is -2.58. The van der Waals surface area contributed by atoms with Crippen LogP contribution in [0.25, 0.3) is 0 Å². The number of halogens is 2. The van der Waals surface area contributed by atoms with Crippen molar-refractivity contribution < 1.29 is 13.6 Å². The first-order valence-electron chi connectivity index (χ1n) is 6.36. The molecule has 100 valence electrons. The maximum Gasteiger partial charge on any atom is 0.248 e. The Morgan fingerprint density at radius 3 is 2.53 bits per heavy atom. The molecular formula is C12H22F2N2O. The van der Waals surface area contributed by atoms with E-state index < -0.39 is 5.92 Å². The molecular weight excluding hydrogens is 226 g/mol. The zero-order valence-electron chi connectivity index (χ0n) is 10.3.